The topological polar surface area (TPSA) is 63.2 Å². The van der Waals surface area contributed by atoms with Crippen LogP contribution in [-0.2, 0) is 0 Å². The van der Waals surface area contributed by atoms with Crippen molar-refractivity contribution in [2.75, 3.05) is 12.0 Å². The molecule has 6 heteroatoms. The molecule has 1 heterocycles. The third kappa shape index (κ3) is 4.29. The van der Waals surface area contributed by atoms with E-state index in [2.05, 4.69) is 34.7 Å². The molecule has 0 saturated carbocycles. The number of hydrogen-bond donors (Lipinski definition) is 2. The molecule has 0 aliphatic rings. The Bertz CT molecular complexity index is 1090. The van der Waals surface area contributed by atoms with Crippen LogP contribution in [0, 0.1) is 6.92 Å². The van der Waals surface area contributed by atoms with Gasteiger partial charge < -0.3 is 15.4 Å². The molecule has 4 aromatic rings. The molecule has 0 atom stereocenters. The zero-order valence-electron chi connectivity index (χ0n) is 15.3. The molecule has 0 fully saturated rings. The quantitative estimate of drug-likeness (QED) is 0.447. The van der Waals surface area contributed by atoms with E-state index in [1.807, 2.05) is 60.7 Å². The fourth-order valence-electron chi connectivity index (χ4n) is 2.73. The van der Waals surface area contributed by atoms with Gasteiger partial charge in [-0.1, -0.05) is 24.3 Å². The van der Waals surface area contributed by atoms with E-state index in [-0.39, 0.29) is 12.8 Å². The van der Waals surface area contributed by atoms with Gasteiger partial charge in [-0.15, -0.1) is 11.3 Å². The van der Waals surface area contributed by atoms with Crippen LogP contribution in [0.2, 0.25) is 0 Å². The predicted molar refractivity (Wildman–Crippen MR) is 114 cm³/mol. The minimum absolute atomic E-state index is 0.0963. The summed E-state index contributed by atoms with van der Waals surface area (Å²) in [6.45, 7) is 2.17. The molecule has 4 rings (SSSR count). The molecule has 2 N–H and O–H groups in total. The molecule has 0 unspecified atom stereocenters. The Hall–Kier alpha value is -3.38. The smallest absolute Gasteiger partial charge is 0.321 e. The molecule has 0 bridgehead atoms. The maximum atomic E-state index is 12.0. The lowest BCUT2D eigenvalue weighted by Gasteiger charge is -2.09. The number of hydrogen-bond acceptors (Lipinski definition) is 4. The number of aryl methyl sites for hydroxylation is 1. The number of nitrogens with one attached hydrogen (secondary N) is 2. The summed E-state index contributed by atoms with van der Waals surface area (Å²) in [4.78, 5) is 16.7. The van der Waals surface area contributed by atoms with Gasteiger partial charge in [0.25, 0.3) is 0 Å². The van der Waals surface area contributed by atoms with E-state index in [1.54, 1.807) is 11.3 Å². The van der Waals surface area contributed by atoms with Crippen LogP contribution in [0.5, 0.6) is 5.75 Å². The summed E-state index contributed by atoms with van der Waals surface area (Å²) in [7, 11) is 0. The molecule has 0 saturated heterocycles. The summed E-state index contributed by atoms with van der Waals surface area (Å²) in [5, 5.41) is 6.43. The number of para-hydroxylation sites is 1. The third-order valence-electron chi connectivity index (χ3n) is 4.15. The molecule has 140 valence electrons. The molecule has 28 heavy (non-hydrogen) atoms. The standard InChI is InChI=1S/C22H19N3O2S/c1-15-7-12-19-20(13-15)28-21(25-19)16-8-10-17(11-9-16)24-22(26)23-14-27-18-5-3-2-4-6-18/h2-13H,14H2,1H3,(H2,23,24,26). The Balaban J connectivity index is 1.35. The van der Waals surface area contributed by atoms with Gasteiger partial charge in [0, 0.05) is 11.3 Å². The summed E-state index contributed by atoms with van der Waals surface area (Å²) in [6.07, 6.45) is 0. The van der Waals surface area contributed by atoms with E-state index in [9.17, 15) is 4.79 Å². The Morgan fingerprint density at radius 1 is 1.04 bits per heavy atom. The summed E-state index contributed by atoms with van der Waals surface area (Å²) in [6, 6.07) is 22.9. The lowest BCUT2D eigenvalue weighted by atomic mass is 10.2. The highest BCUT2D eigenvalue weighted by Crippen LogP contribution is 2.31. The first kappa shape index (κ1) is 18.0. The zero-order valence-corrected chi connectivity index (χ0v) is 16.1. The summed E-state index contributed by atoms with van der Waals surface area (Å²) >= 11 is 1.67. The first-order valence-corrected chi connectivity index (χ1v) is 9.69. The van der Waals surface area contributed by atoms with Gasteiger partial charge >= 0.3 is 6.03 Å². The number of benzene rings is 3. The number of anilines is 1. The molecular weight excluding hydrogens is 370 g/mol. The second-order valence-corrected chi connectivity index (χ2v) is 7.33. The number of rotatable bonds is 5. The molecule has 1 aromatic heterocycles. The van der Waals surface area contributed by atoms with Crippen molar-refractivity contribution in [1.29, 1.82) is 0 Å². The number of fused-ring (bicyclic) bond motifs is 1. The van der Waals surface area contributed by atoms with Gasteiger partial charge in [-0.25, -0.2) is 9.78 Å². The van der Waals surface area contributed by atoms with Crippen LogP contribution >= 0.6 is 11.3 Å². The van der Waals surface area contributed by atoms with Gasteiger partial charge in [0.15, 0.2) is 6.73 Å². The van der Waals surface area contributed by atoms with E-state index < -0.39 is 0 Å². The van der Waals surface area contributed by atoms with Crippen molar-refractivity contribution in [3.05, 3.63) is 78.4 Å². The average Bonchev–Trinajstić information content (AvgIpc) is 3.12. The molecule has 0 radical (unpaired) electrons. The van der Waals surface area contributed by atoms with Crippen LogP contribution in [0.3, 0.4) is 0 Å². The number of thiazole rings is 1. The fraction of sp³-hybridized carbons (Fsp3) is 0.0909. The lowest BCUT2D eigenvalue weighted by Crippen LogP contribution is -2.31. The summed E-state index contributed by atoms with van der Waals surface area (Å²) < 4.78 is 6.63. The Kier molecular flexibility index (Phi) is 5.21. The van der Waals surface area contributed by atoms with Crippen molar-refractivity contribution < 1.29 is 9.53 Å². The number of amides is 2. The minimum Gasteiger partial charge on any atom is -0.473 e. The largest absolute Gasteiger partial charge is 0.473 e. The second kappa shape index (κ2) is 8.10. The number of urea groups is 1. The number of aromatic nitrogens is 1. The summed E-state index contributed by atoms with van der Waals surface area (Å²) in [5.41, 5.74) is 3.96. The van der Waals surface area contributed by atoms with Crippen molar-refractivity contribution in [3.63, 3.8) is 0 Å². The fourth-order valence-corrected chi connectivity index (χ4v) is 3.80. The molecule has 3 aromatic carbocycles. The maximum absolute atomic E-state index is 12.0. The Morgan fingerprint density at radius 2 is 1.82 bits per heavy atom. The van der Waals surface area contributed by atoms with Crippen molar-refractivity contribution in [3.8, 4) is 16.3 Å². The van der Waals surface area contributed by atoms with Gasteiger partial charge in [0.05, 0.1) is 10.2 Å². The van der Waals surface area contributed by atoms with Gasteiger partial charge in [-0.2, -0.15) is 0 Å². The lowest BCUT2D eigenvalue weighted by molar-refractivity contribution is 0.234. The van der Waals surface area contributed by atoms with Crippen LogP contribution in [0.1, 0.15) is 5.56 Å². The van der Waals surface area contributed by atoms with Crippen molar-refractivity contribution in [2.45, 2.75) is 6.92 Å². The van der Waals surface area contributed by atoms with Crippen molar-refractivity contribution >= 4 is 33.3 Å². The number of nitrogens with zero attached hydrogens (tertiary/aromatic N) is 1. The van der Waals surface area contributed by atoms with Gasteiger partial charge in [0.1, 0.15) is 10.8 Å². The van der Waals surface area contributed by atoms with Crippen LogP contribution < -0.4 is 15.4 Å². The first-order chi connectivity index (χ1) is 13.7. The van der Waals surface area contributed by atoms with E-state index in [0.717, 1.165) is 16.1 Å². The minimum atomic E-state index is -0.320. The molecule has 0 aliphatic carbocycles. The van der Waals surface area contributed by atoms with Crippen LogP contribution in [0.4, 0.5) is 10.5 Å². The summed E-state index contributed by atoms with van der Waals surface area (Å²) in [5.74, 6) is 0.707. The first-order valence-electron chi connectivity index (χ1n) is 8.88. The molecule has 5 nitrogen and oxygen atoms in total. The maximum Gasteiger partial charge on any atom is 0.321 e. The van der Waals surface area contributed by atoms with Crippen LogP contribution in [0.15, 0.2) is 72.8 Å². The zero-order chi connectivity index (χ0) is 19.3. The second-order valence-electron chi connectivity index (χ2n) is 6.30. The van der Waals surface area contributed by atoms with Gasteiger partial charge in [0.2, 0.25) is 0 Å². The number of carbonyl (C=O) groups is 1. The predicted octanol–water partition coefficient (Wildman–Crippen LogP) is 5.43. The molecular formula is C22H19N3O2S. The van der Waals surface area contributed by atoms with E-state index in [4.69, 9.17) is 4.74 Å². The third-order valence-corrected chi connectivity index (χ3v) is 5.22. The SMILES string of the molecule is Cc1ccc2nc(-c3ccc(NC(=O)NCOc4ccccc4)cc3)sc2c1. The highest BCUT2D eigenvalue weighted by molar-refractivity contribution is 7.21. The van der Waals surface area contributed by atoms with E-state index >= 15 is 0 Å². The number of ether oxygens (including phenoxy) is 1. The van der Waals surface area contributed by atoms with E-state index in [1.165, 1.54) is 10.3 Å². The van der Waals surface area contributed by atoms with Crippen LogP contribution in [-0.4, -0.2) is 17.7 Å². The van der Waals surface area contributed by atoms with E-state index in [0.29, 0.717) is 11.4 Å². The van der Waals surface area contributed by atoms with Crippen LogP contribution in [0.25, 0.3) is 20.8 Å². The molecule has 0 aliphatic heterocycles. The Morgan fingerprint density at radius 3 is 2.61 bits per heavy atom. The highest BCUT2D eigenvalue weighted by Gasteiger charge is 2.07. The van der Waals surface area contributed by atoms with Gasteiger partial charge in [-0.05, 0) is 61.0 Å². The van der Waals surface area contributed by atoms with Gasteiger partial charge in [-0.3, -0.25) is 0 Å². The Labute approximate surface area is 167 Å². The monoisotopic (exact) mass is 389 g/mol. The average molecular weight is 389 g/mol. The highest BCUT2D eigenvalue weighted by atomic mass is 32.1. The number of carbonyl (C=O) groups excluding carboxylic acids is 1. The van der Waals surface area contributed by atoms with Crippen molar-refractivity contribution in [2.24, 2.45) is 0 Å². The molecule has 2 amide bonds. The molecule has 0 spiro atoms. The van der Waals surface area contributed by atoms with Crippen molar-refractivity contribution in [1.82, 2.24) is 10.3 Å². The normalized spacial score (nSPS) is 10.6.